The molecular formula is C25H17F6N5O2. The third-order valence-electron chi connectivity index (χ3n) is 5.80. The lowest BCUT2D eigenvalue weighted by molar-refractivity contribution is 0.0219. The van der Waals surface area contributed by atoms with Crippen molar-refractivity contribution in [3.8, 4) is 5.75 Å². The molecular weight excluding hydrogens is 516 g/mol. The van der Waals surface area contributed by atoms with E-state index in [0.29, 0.717) is 5.75 Å². The third kappa shape index (κ3) is 4.40. The van der Waals surface area contributed by atoms with Crippen molar-refractivity contribution < 1.29 is 35.9 Å². The van der Waals surface area contributed by atoms with Gasteiger partial charge in [0.15, 0.2) is 29.1 Å². The number of imidazole rings is 2. The van der Waals surface area contributed by atoms with E-state index in [1.807, 2.05) is 4.98 Å². The molecule has 0 radical (unpaired) electrons. The van der Waals surface area contributed by atoms with Gasteiger partial charge >= 0.3 is 5.92 Å². The number of carbonyl (C=O) groups is 1. The summed E-state index contributed by atoms with van der Waals surface area (Å²) in [6.45, 7) is 0.215. The van der Waals surface area contributed by atoms with Crippen LogP contribution in [0.3, 0.4) is 0 Å². The van der Waals surface area contributed by atoms with Gasteiger partial charge in [0.2, 0.25) is 0 Å². The van der Waals surface area contributed by atoms with Crippen LogP contribution in [0, 0.1) is 23.3 Å². The number of ether oxygens (including phenoxy) is 1. The van der Waals surface area contributed by atoms with Gasteiger partial charge in [-0.15, -0.1) is 0 Å². The molecule has 2 heterocycles. The summed E-state index contributed by atoms with van der Waals surface area (Å²) in [4.78, 5) is 21.9. The molecule has 0 unspecified atom stereocenters. The lowest BCUT2D eigenvalue weighted by Gasteiger charge is -2.13. The maximum Gasteiger partial charge on any atom is 0.361 e. The summed E-state index contributed by atoms with van der Waals surface area (Å²) in [7, 11) is 1.28. The van der Waals surface area contributed by atoms with E-state index >= 15 is 8.78 Å². The summed E-state index contributed by atoms with van der Waals surface area (Å²) in [5, 5.41) is 2.63. The van der Waals surface area contributed by atoms with Gasteiger partial charge in [0.05, 0.1) is 17.6 Å². The zero-order chi connectivity index (χ0) is 27.2. The number of aryl methyl sites for hydroxylation is 1. The van der Waals surface area contributed by atoms with Crippen LogP contribution in [0.4, 0.5) is 26.3 Å². The zero-order valence-electron chi connectivity index (χ0n) is 19.5. The van der Waals surface area contributed by atoms with Crippen molar-refractivity contribution in [1.29, 1.82) is 0 Å². The van der Waals surface area contributed by atoms with E-state index < -0.39 is 57.8 Å². The molecule has 0 saturated heterocycles. The highest BCUT2D eigenvalue weighted by Gasteiger charge is 2.43. The fourth-order valence-corrected chi connectivity index (χ4v) is 3.90. The summed E-state index contributed by atoms with van der Waals surface area (Å²) < 4.78 is 91.7. The predicted molar refractivity (Wildman–Crippen MR) is 124 cm³/mol. The highest BCUT2D eigenvalue weighted by atomic mass is 19.3. The zero-order valence-corrected chi connectivity index (χ0v) is 19.5. The number of fused-ring (bicyclic) bond motifs is 2. The second-order valence-corrected chi connectivity index (χ2v) is 8.29. The molecule has 7 nitrogen and oxygen atoms in total. The Balaban J connectivity index is 1.36. The van der Waals surface area contributed by atoms with Crippen LogP contribution in [0.15, 0.2) is 48.5 Å². The van der Waals surface area contributed by atoms with Crippen LogP contribution in [0.25, 0.3) is 22.1 Å². The fraction of sp³-hybridized carbons (Fsp3) is 0.160. The number of carbonyl (C=O) groups excluding carboxylic acids is 1. The van der Waals surface area contributed by atoms with E-state index in [1.165, 1.54) is 49.5 Å². The molecule has 1 amide bonds. The molecule has 196 valence electrons. The van der Waals surface area contributed by atoms with Crippen molar-refractivity contribution in [3.05, 3.63) is 89.0 Å². The number of aromatic nitrogens is 4. The van der Waals surface area contributed by atoms with Gasteiger partial charge in [-0.25, -0.2) is 27.5 Å². The van der Waals surface area contributed by atoms with Crippen molar-refractivity contribution in [2.75, 3.05) is 13.2 Å². The number of nitrogens with one attached hydrogen (secondary N) is 2. The normalized spacial score (nSPS) is 11.9. The average Bonchev–Trinajstić information content (AvgIpc) is 3.49. The van der Waals surface area contributed by atoms with Gasteiger partial charge < -0.3 is 19.6 Å². The summed E-state index contributed by atoms with van der Waals surface area (Å²) in [5.74, 6) is -10.8. The second-order valence-electron chi connectivity index (χ2n) is 8.29. The molecule has 13 heteroatoms. The minimum Gasteiger partial charge on any atom is -0.492 e. The molecule has 0 bridgehead atoms. The van der Waals surface area contributed by atoms with Crippen LogP contribution in [-0.2, 0) is 13.0 Å². The monoisotopic (exact) mass is 533 g/mol. The first-order valence-corrected chi connectivity index (χ1v) is 11.1. The minimum absolute atomic E-state index is 0.101. The lowest BCUT2D eigenvalue weighted by atomic mass is 10.2. The van der Waals surface area contributed by atoms with Crippen molar-refractivity contribution in [2.45, 2.75) is 5.92 Å². The predicted octanol–water partition coefficient (Wildman–Crippen LogP) is 4.95. The third-order valence-corrected chi connectivity index (χ3v) is 5.80. The van der Waals surface area contributed by atoms with E-state index in [1.54, 1.807) is 0 Å². The molecule has 38 heavy (non-hydrogen) atoms. The van der Waals surface area contributed by atoms with Crippen LogP contribution < -0.4 is 10.1 Å². The Morgan fingerprint density at radius 1 is 1.03 bits per heavy atom. The van der Waals surface area contributed by atoms with E-state index in [-0.39, 0.29) is 35.8 Å². The molecule has 0 saturated carbocycles. The average molecular weight is 533 g/mol. The molecule has 5 rings (SSSR count). The first-order chi connectivity index (χ1) is 18.1. The first-order valence-electron chi connectivity index (χ1n) is 11.1. The van der Waals surface area contributed by atoms with Crippen molar-refractivity contribution in [1.82, 2.24) is 24.8 Å². The van der Waals surface area contributed by atoms with Crippen LogP contribution in [0.2, 0.25) is 0 Å². The number of hydrogen-bond acceptors (Lipinski definition) is 4. The lowest BCUT2D eigenvalue weighted by Crippen LogP contribution is -2.28. The Labute approximate surface area is 210 Å². The standard InChI is InChI=1S/C25H17F6N5O2/c1-36-18-10-12(22(37)32-8-9-38-14-5-3-13(26)4-6-14)2-7-17(18)33-24(36)25(30,31)23-34-20-16(28)11-15(27)19(29)21(20)35-23/h2-7,10-11H,8-9H2,1H3,(H,32,37)(H,34,35). The van der Waals surface area contributed by atoms with Gasteiger partial charge in [0, 0.05) is 18.7 Å². The van der Waals surface area contributed by atoms with Crippen LogP contribution in [0.1, 0.15) is 22.0 Å². The number of rotatable bonds is 7. The summed E-state index contributed by atoms with van der Waals surface area (Å²) in [6.07, 6.45) is 0. The largest absolute Gasteiger partial charge is 0.492 e. The van der Waals surface area contributed by atoms with Gasteiger partial charge in [-0.2, -0.15) is 8.78 Å². The first kappa shape index (κ1) is 25.1. The molecule has 0 aliphatic rings. The second kappa shape index (κ2) is 9.39. The summed E-state index contributed by atoms with van der Waals surface area (Å²) in [5.41, 5.74) is -1.16. The molecule has 0 aliphatic carbocycles. The molecule has 0 aliphatic heterocycles. The van der Waals surface area contributed by atoms with E-state index in [4.69, 9.17) is 4.74 Å². The van der Waals surface area contributed by atoms with Crippen molar-refractivity contribution >= 4 is 28.0 Å². The van der Waals surface area contributed by atoms with Crippen LogP contribution >= 0.6 is 0 Å². The maximum atomic E-state index is 15.4. The Hall–Kier alpha value is -4.55. The number of halogens is 6. The van der Waals surface area contributed by atoms with E-state index in [2.05, 4.69) is 15.3 Å². The molecule has 0 atom stereocenters. The SMILES string of the molecule is Cn1c(C(F)(F)c2nc3c(F)cc(F)c(F)c3[nH]2)nc2ccc(C(=O)NCCOc3ccc(F)cc3)cc21. The van der Waals surface area contributed by atoms with Crippen molar-refractivity contribution in [3.63, 3.8) is 0 Å². The summed E-state index contributed by atoms with van der Waals surface area (Å²) >= 11 is 0. The van der Waals surface area contributed by atoms with Crippen molar-refractivity contribution in [2.24, 2.45) is 7.05 Å². The molecule has 2 aromatic heterocycles. The van der Waals surface area contributed by atoms with Gasteiger partial charge in [0.1, 0.15) is 29.2 Å². The minimum atomic E-state index is -3.96. The van der Waals surface area contributed by atoms with Crippen LogP contribution in [0.5, 0.6) is 5.75 Å². The number of H-pyrrole nitrogens is 1. The number of benzene rings is 3. The Kier molecular flexibility index (Phi) is 6.21. The topological polar surface area (TPSA) is 84.8 Å². The fourth-order valence-electron chi connectivity index (χ4n) is 3.90. The summed E-state index contributed by atoms with van der Waals surface area (Å²) in [6, 6.07) is 9.69. The molecule has 5 aromatic rings. The maximum absolute atomic E-state index is 15.4. The number of nitrogens with zero attached hydrogens (tertiary/aromatic N) is 3. The number of aromatic amines is 1. The number of hydrogen-bond donors (Lipinski definition) is 2. The Morgan fingerprint density at radius 3 is 2.50 bits per heavy atom. The van der Waals surface area contributed by atoms with Gasteiger partial charge in [0.25, 0.3) is 5.91 Å². The highest BCUT2D eigenvalue weighted by Crippen LogP contribution is 2.36. The number of alkyl halides is 2. The Bertz CT molecular complexity index is 1680. The molecule has 3 aromatic carbocycles. The van der Waals surface area contributed by atoms with E-state index in [9.17, 15) is 22.4 Å². The molecule has 0 fully saturated rings. The quantitative estimate of drug-likeness (QED) is 0.176. The van der Waals surface area contributed by atoms with E-state index in [0.717, 1.165) is 4.57 Å². The van der Waals surface area contributed by atoms with Gasteiger partial charge in [-0.1, -0.05) is 0 Å². The molecule has 0 spiro atoms. The van der Waals surface area contributed by atoms with Gasteiger partial charge in [-0.05, 0) is 42.5 Å². The highest BCUT2D eigenvalue weighted by molar-refractivity contribution is 5.97. The van der Waals surface area contributed by atoms with Gasteiger partial charge in [-0.3, -0.25) is 4.79 Å². The smallest absolute Gasteiger partial charge is 0.361 e. The number of amides is 1. The molecule has 2 N–H and O–H groups in total. The van der Waals surface area contributed by atoms with Crippen LogP contribution in [-0.4, -0.2) is 38.6 Å². The Morgan fingerprint density at radius 2 is 1.76 bits per heavy atom.